The minimum Gasteiger partial charge on any atom is -0.395 e. The van der Waals surface area contributed by atoms with E-state index in [0.717, 1.165) is 24.0 Å². The number of aliphatic hydroxyl groups is 1. The van der Waals surface area contributed by atoms with Crippen molar-refractivity contribution in [2.75, 3.05) is 32.9 Å². The van der Waals surface area contributed by atoms with Crippen LogP contribution in [-0.2, 0) is 16.7 Å². The lowest BCUT2D eigenvalue weighted by Crippen LogP contribution is -2.49. The van der Waals surface area contributed by atoms with Gasteiger partial charge in [0.2, 0.25) is 0 Å². The largest absolute Gasteiger partial charge is 0.395 e. The second-order valence-electron chi connectivity index (χ2n) is 6.95. The van der Waals surface area contributed by atoms with Gasteiger partial charge < -0.3 is 20.1 Å². The molecule has 2 amide bonds. The van der Waals surface area contributed by atoms with Crippen molar-refractivity contribution in [2.24, 2.45) is 0 Å². The zero-order valence-electron chi connectivity index (χ0n) is 15.5. The van der Waals surface area contributed by atoms with Crippen molar-refractivity contribution in [1.29, 1.82) is 0 Å². The summed E-state index contributed by atoms with van der Waals surface area (Å²) in [5, 5.41) is 17.6. The number of carbonyl (C=O) groups excluding carboxylic acids is 1. The van der Waals surface area contributed by atoms with Crippen LogP contribution in [0, 0.1) is 0 Å². The Balaban J connectivity index is 1.74. The van der Waals surface area contributed by atoms with Crippen LogP contribution < -0.4 is 5.32 Å². The zero-order valence-corrected chi connectivity index (χ0v) is 17.8. The fraction of sp³-hybridized carbons (Fsp3) is 0.450. The molecule has 2 N–H and O–H groups in total. The topological polar surface area (TPSA) is 61.8 Å². The van der Waals surface area contributed by atoms with Gasteiger partial charge in [-0.3, -0.25) is 0 Å². The van der Waals surface area contributed by atoms with Crippen molar-refractivity contribution >= 4 is 40.6 Å². The van der Waals surface area contributed by atoms with Crippen molar-refractivity contribution in [3.63, 3.8) is 0 Å². The number of hydrogen-bond acceptors (Lipinski definition) is 4. The number of carbonyl (C=O) groups is 1. The van der Waals surface area contributed by atoms with Crippen LogP contribution in [-0.4, -0.2) is 48.9 Å². The molecule has 2 heterocycles. The van der Waals surface area contributed by atoms with Gasteiger partial charge in [-0.15, -0.1) is 0 Å². The molecule has 0 unspecified atom stereocenters. The molecule has 0 radical (unpaired) electrons. The van der Waals surface area contributed by atoms with E-state index in [1.54, 1.807) is 22.3 Å². The Kier molecular flexibility index (Phi) is 7.60. The number of nitrogens with one attached hydrogen (secondary N) is 1. The average molecular weight is 443 g/mol. The number of ether oxygens (including phenoxy) is 1. The molecule has 0 atom stereocenters. The molecule has 1 aliphatic heterocycles. The van der Waals surface area contributed by atoms with Crippen molar-refractivity contribution in [2.45, 2.75) is 24.8 Å². The lowest BCUT2D eigenvalue weighted by Gasteiger charge is -2.39. The zero-order chi connectivity index (χ0) is 20.0. The van der Waals surface area contributed by atoms with Gasteiger partial charge in [-0.25, -0.2) is 4.79 Å². The summed E-state index contributed by atoms with van der Waals surface area (Å²) in [4.78, 5) is 14.5. The first-order valence-corrected chi connectivity index (χ1v) is 10.9. The monoisotopic (exact) mass is 442 g/mol. The van der Waals surface area contributed by atoms with E-state index in [1.165, 1.54) is 0 Å². The van der Waals surface area contributed by atoms with Crippen LogP contribution in [0.25, 0.3) is 0 Å². The SMILES string of the molecule is O=C(NCC1(c2ccc(Cl)cc2Cl)CCOCC1)N(CCO)Cc1ccsc1. The van der Waals surface area contributed by atoms with Gasteiger partial charge >= 0.3 is 6.03 Å². The van der Waals surface area contributed by atoms with Crippen LogP contribution in [0.5, 0.6) is 0 Å². The van der Waals surface area contributed by atoms with Crippen LogP contribution >= 0.6 is 34.5 Å². The van der Waals surface area contributed by atoms with Gasteiger partial charge in [-0.2, -0.15) is 11.3 Å². The number of rotatable bonds is 7. The molecule has 0 saturated carbocycles. The highest BCUT2D eigenvalue weighted by molar-refractivity contribution is 7.07. The van der Waals surface area contributed by atoms with E-state index in [9.17, 15) is 9.90 Å². The minimum absolute atomic E-state index is 0.0838. The first-order valence-electron chi connectivity index (χ1n) is 9.22. The lowest BCUT2D eigenvalue weighted by molar-refractivity contribution is 0.0500. The van der Waals surface area contributed by atoms with Crippen LogP contribution in [0.1, 0.15) is 24.0 Å². The van der Waals surface area contributed by atoms with Gasteiger partial charge in [-0.05, 0) is 52.9 Å². The Morgan fingerprint density at radius 2 is 2.07 bits per heavy atom. The van der Waals surface area contributed by atoms with Crippen molar-refractivity contribution in [3.05, 3.63) is 56.2 Å². The number of urea groups is 1. The van der Waals surface area contributed by atoms with Crippen LogP contribution in [0.15, 0.2) is 35.0 Å². The van der Waals surface area contributed by atoms with Gasteiger partial charge in [0, 0.05) is 48.3 Å². The third-order valence-electron chi connectivity index (χ3n) is 5.14. The molecule has 8 heteroatoms. The molecule has 0 bridgehead atoms. The molecule has 1 aromatic heterocycles. The van der Waals surface area contributed by atoms with Crippen molar-refractivity contribution in [1.82, 2.24) is 10.2 Å². The van der Waals surface area contributed by atoms with E-state index in [-0.39, 0.29) is 24.6 Å². The van der Waals surface area contributed by atoms with Crippen LogP contribution in [0.2, 0.25) is 10.0 Å². The molecule has 1 saturated heterocycles. The lowest BCUT2D eigenvalue weighted by atomic mass is 9.74. The summed E-state index contributed by atoms with van der Waals surface area (Å²) in [7, 11) is 0. The van der Waals surface area contributed by atoms with Gasteiger partial charge in [0.25, 0.3) is 0 Å². The summed E-state index contributed by atoms with van der Waals surface area (Å²) >= 11 is 14.1. The first kappa shape index (κ1) is 21.4. The highest BCUT2D eigenvalue weighted by atomic mass is 35.5. The highest BCUT2D eigenvalue weighted by Crippen LogP contribution is 2.39. The second-order valence-corrected chi connectivity index (χ2v) is 8.58. The van der Waals surface area contributed by atoms with E-state index >= 15 is 0 Å². The van der Waals surface area contributed by atoms with Gasteiger partial charge in [0.15, 0.2) is 0 Å². The van der Waals surface area contributed by atoms with E-state index in [4.69, 9.17) is 27.9 Å². The van der Waals surface area contributed by atoms with Gasteiger partial charge in [-0.1, -0.05) is 29.3 Å². The predicted molar refractivity (Wildman–Crippen MR) is 113 cm³/mol. The maximum atomic E-state index is 12.8. The molecule has 5 nitrogen and oxygen atoms in total. The number of hydrogen-bond donors (Lipinski definition) is 2. The van der Waals surface area contributed by atoms with E-state index in [0.29, 0.717) is 36.3 Å². The summed E-state index contributed by atoms with van der Waals surface area (Å²) in [6.07, 6.45) is 1.53. The third-order valence-corrected chi connectivity index (χ3v) is 6.42. The maximum absolute atomic E-state index is 12.8. The summed E-state index contributed by atoms with van der Waals surface area (Å²) < 4.78 is 5.55. The molecule has 0 aliphatic carbocycles. The Morgan fingerprint density at radius 1 is 1.29 bits per heavy atom. The van der Waals surface area contributed by atoms with Gasteiger partial charge in [0.05, 0.1) is 6.61 Å². The summed E-state index contributed by atoms with van der Waals surface area (Å²) in [5.41, 5.74) is 1.73. The van der Waals surface area contributed by atoms with Crippen LogP contribution in [0.3, 0.4) is 0 Å². The minimum atomic E-state index is -0.303. The molecule has 1 aromatic carbocycles. The first-order chi connectivity index (χ1) is 13.5. The molecule has 152 valence electrons. The molecular formula is C20H24Cl2N2O3S. The fourth-order valence-electron chi connectivity index (χ4n) is 3.56. The van der Waals surface area contributed by atoms with Crippen molar-refractivity contribution < 1.29 is 14.6 Å². The number of aliphatic hydroxyl groups excluding tert-OH is 1. The van der Waals surface area contributed by atoms with Gasteiger partial charge in [0.1, 0.15) is 0 Å². The second kappa shape index (κ2) is 9.94. The highest BCUT2D eigenvalue weighted by Gasteiger charge is 2.37. The van der Waals surface area contributed by atoms with E-state index < -0.39 is 0 Å². The number of amides is 2. The average Bonchev–Trinajstić information content (AvgIpc) is 3.19. The van der Waals surface area contributed by atoms with E-state index in [2.05, 4.69) is 5.32 Å². The smallest absolute Gasteiger partial charge is 0.317 e. The molecule has 3 rings (SSSR count). The van der Waals surface area contributed by atoms with E-state index in [1.807, 2.05) is 29.0 Å². The Hall–Kier alpha value is -1.31. The summed E-state index contributed by atoms with van der Waals surface area (Å²) in [6.45, 7) is 2.34. The predicted octanol–water partition coefficient (Wildman–Crippen LogP) is 4.31. The van der Waals surface area contributed by atoms with Crippen LogP contribution in [0.4, 0.5) is 4.79 Å². The molecule has 1 aliphatic rings. The number of nitrogens with zero attached hydrogens (tertiary/aromatic N) is 1. The third kappa shape index (κ3) is 5.19. The van der Waals surface area contributed by atoms with Crippen molar-refractivity contribution in [3.8, 4) is 0 Å². The number of thiophene rings is 1. The Labute approximate surface area is 179 Å². The molecule has 2 aromatic rings. The standard InChI is InChI=1S/C20H24Cl2N2O3S/c21-16-1-2-17(18(22)11-16)20(4-8-27-9-5-20)14-23-19(26)24(6-7-25)12-15-3-10-28-13-15/h1-3,10-11,13,25H,4-9,12,14H2,(H,23,26). The summed E-state index contributed by atoms with van der Waals surface area (Å²) in [5.74, 6) is 0. The summed E-state index contributed by atoms with van der Waals surface area (Å²) in [6, 6.07) is 7.30. The molecule has 1 fully saturated rings. The number of halogens is 2. The normalized spacial score (nSPS) is 16.0. The molecule has 28 heavy (non-hydrogen) atoms. The molecule has 0 spiro atoms. The maximum Gasteiger partial charge on any atom is 0.317 e. The Bertz CT molecular complexity index is 780. The molecular weight excluding hydrogens is 419 g/mol. The fourth-order valence-corrected chi connectivity index (χ4v) is 4.82. The quantitative estimate of drug-likeness (QED) is 0.671. The Morgan fingerprint density at radius 3 is 2.71 bits per heavy atom. The number of benzene rings is 1.